The predicted octanol–water partition coefficient (Wildman–Crippen LogP) is 2.26. The number of nitrogens with one attached hydrogen (secondary N) is 1. The van der Waals surface area contributed by atoms with Gasteiger partial charge < -0.3 is 10.2 Å². The van der Waals surface area contributed by atoms with Crippen LogP contribution in [0.5, 0.6) is 0 Å². The summed E-state index contributed by atoms with van der Waals surface area (Å²) in [4.78, 5) is 11.7. The molecule has 1 aliphatic carbocycles. The highest BCUT2D eigenvalue weighted by atomic mass is 15.3. The van der Waals surface area contributed by atoms with Crippen molar-refractivity contribution in [2.24, 2.45) is 0 Å². The zero-order valence-electron chi connectivity index (χ0n) is 16.1. The van der Waals surface area contributed by atoms with Gasteiger partial charge in [-0.15, -0.1) is 0 Å². The van der Waals surface area contributed by atoms with Crippen molar-refractivity contribution in [2.45, 2.75) is 50.6 Å². The second kappa shape index (κ2) is 7.55. The largest absolute Gasteiger partial charge is 0.366 e. The van der Waals surface area contributed by atoms with E-state index in [4.69, 9.17) is 12.8 Å². The van der Waals surface area contributed by atoms with Gasteiger partial charge in [0.15, 0.2) is 0 Å². The van der Waals surface area contributed by atoms with Crippen molar-refractivity contribution in [2.75, 3.05) is 18.4 Å². The lowest BCUT2D eigenvalue weighted by Gasteiger charge is -2.41. The molecule has 142 valence electrons. The first kappa shape index (κ1) is 17.7. The van der Waals surface area contributed by atoms with E-state index in [1.807, 2.05) is 12.3 Å². The molecule has 1 saturated heterocycles. The van der Waals surface area contributed by atoms with Crippen LogP contribution < -0.4 is 10.8 Å². The number of piperidine rings is 1. The highest BCUT2D eigenvalue weighted by Crippen LogP contribution is 2.33. The van der Waals surface area contributed by atoms with Gasteiger partial charge in [0.1, 0.15) is 19.3 Å². The zero-order chi connectivity index (χ0) is 18.9. The number of likely N-dealkylation sites (tertiary alicyclic amines) is 1. The summed E-state index contributed by atoms with van der Waals surface area (Å²) < 4.78 is 1.80. The van der Waals surface area contributed by atoms with Crippen molar-refractivity contribution in [3.05, 3.63) is 48.0 Å². The molecule has 1 N–H and O–H groups in total. The molecule has 0 unspecified atom stereocenters. The van der Waals surface area contributed by atoms with Gasteiger partial charge in [0.2, 0.25) is 0 Å². The van der Waals surface area contributed by atoms with Crippen molar-refractivity contribution in [3.8, 4) is 0 Å². The summed E-state index contributed by atoms with van der Waals surface area (Å²) in [5.41, 5.74) is 3.62. The number of fused-ring (bicyclic) bond motifs is 1. The Hall–Kier alpha value is -2.41. The molecule has 1 aliphatic heterocycles. The van der Waals surface area contributed by atoms with Crippen molar-refractivity contribution in [1.82, 2.24) is 24.5 Å². The van der Waals surface area contributed by atoms with Gasteiger partial charge in [-0.3, -0.25) is 4.98 Å². The molecular weight excluding hydrogens is 347 g/mol. The standard InChI is InChI=1S/C21H25BN6/c22-18-14-25-28-20(24-13-15-3-2-8-23-12-15)11-19(26-21(18)28)16-6-9-27(10-7-16)17-4-1-5-17/h2-3,8,11-12,14,16-17,24H,1,4-7,9-10,13H2. The van der Waals surface area contributed by atoms with Crippen LogP contribution in [-0.4, -0.2) is 51.5 Å². The molecule has 0 spiro atoms. The van der Waals surface area contributed by atoms with Gasteiger partial charge in [-0.1, -0.05) is 12.5 Å². The quantitative estimate of drug-likeness (QED) is 0.697. The summed E-state index contributed by atoms with van der Waals surface area (Å²) in [6.07, 6.45) is 11.8. The maximum Gasteiger partial charge on any atom is 0.150 e. The van der Waals surface area contributed by atoms with Crippen molar-refractivity contribution < 1.29 is 0 Å². The Labute approximate surface area is 166 Å². The van der Waals surface area contributed by atoms with Crippen LogP contribution in [0.2, 0.25) is 0 Å². The number of aromatic nitrogens is 4. The van der Waals surface area contributed by atoms with Gasteiger partial charge in [-0.25, -0.2) is 4.98 Å². The summed E-state index contributed by atoms with van der Waals surface area (Å²) >= 11 is 0. The fourth-order valence-electron chi connectivity index (χ4n) is 4.34. The average molecular weight is 372 g/mol. The Kier molecular flexibility index (Phi) is 4.76. The maximum absolute atomic E-state index is 6.15. The molecule has 2 aliphatic rings. The predicted molar refractivity (Wildman–Crippen MR) is 111 cm³/mol. The van der Waals surface area contributed by atoms with Crippen LogP contribution in [0, 0.1) is 0 Å². The Morgan fingerprint density at radius 2 is 2.00 bits per heavy atom. The average Bonchev–Trinajstić information content (AvgIpc) is 3.07. The first-order valence-corrected chi connectivity index (χ1v) is 10.3. The van der Waals surface area contributed by atoms with E-state index in [0.29, 0.717) is 17.9 Å². The van der Waals surface area contributed by atoms with Crippen LogP contribution in [0.3, 0.4) is 0 Å². The molecule has 0 atom stereocenters. The summed E-state index contributed by atoms with van der Waals surface area (Å²) in [7, 11) is 6.15. The minimum Gasteiger partial charge on any atom is -0.366 e. The minimum atomic E-state index is 0.481. The fraction of sp³-hybridized carbons (Fsp3) is 0.476. The van der Waals surface area contributed by atoms with E-state index >= 15 is 0 Å². The summed E-state index contributed by atoms with van der Waals surface area (Å²) in [6.45, 7) is 3.04. The Balaban J connectivity index is 1.37. The number of pyridine rings is 1. The molecule has 2 fully saturated rings. The van der Waals surface area contributed by atoms with Crippen molar-refractivity contribution in [3.63, 3.8) is 0 Å². The van der Waals surface area contributed by atoms with Crippen LogP contribution in [-0.2, 0) is 6.54 Å². The molecule has 5 rings (SSSR count). The second-order valence-electron chi connectivity index (χ2n) is 8.01. The lowest BCUT2D eigenvalue weighted by molar-refractivity contribution is 0.0970. The maximum atomic E-state index is 6.15. The summed E-state index contributed by atoms with van der Waals surface area (Å²) in [6, 6.07) is 7.00. The van der Waals surface area contributed by atoms with E-state index in [2.05, 4.69) is 32.4 Å². The molecule has 0 amide bonds. The van der Waals surface area contributed by atoms with Crippen molar-refractivity contribution >= 4 is 24.8 Å². The third kappa shape index (κ3) is 3.39. The smallest absolute Gasteiger partial charge is 0.150 e. The molecule has 2 radical (unpaired) electrons. The molecule has 7 heteroatoms. The van der Waals surface area contributed by atoms with E-state index in [1.165, 1.54) is 32.4 Å². The minimum absolute atomic E-state index is 0.481. The third-order valence-electron chi connectivity index (χ3n) is 6.25. The number of hydrogen-bond acceptors (Lipinski definition) is 5. The molecule has 4 heterocycles. The van der Waals surface area contributed by atoms with Crippen LogP contribution in [0.1, 0.15) is 49.3 Å². The molecule has 6 nitrogen and oxygen atoms in total. The molecular formula is C21H25BN6. The topological polar surface area (TPSA) is 58.4 Å². The SMILES string of the molecule is [B]c1cnn2c(NCc3cccnc3)cc(C3CCN(C4CCC4)CC3)nc12. The molecule has 1 saturated carbocycles. The monoisotopic (exact) mass is 372 g/mol. The molecule has 0 aromatic carbocycles. The van der Waals surface area contributed by atoms with Gasteiger partial charge in [0.05, 0.1) is 0 Å². The number of nitrogens with zero attached hydrogens (tertiary/aromatic N) is 5. The second-order valence-corrected chi connectivity index (χ2v) is 8.01. The normalized spacial score (nSPS) is 19.0. The van der Waals surface area contributed by atoms with E-state index in [1.54, 1.807) is 16.9 Å². The van der Waals surface area contributed by atoms with Crippen LogP contribution >= 0.6 is 0 Å². The molecule has 28 heavy (non-hydrogen) atoms. The third-order valence-corrected chi connectivity index (χ3v) is 6.25. The Morgan fingerprint density at radius 3 is 2.71 bits per heavy atom. The van der Waals surface area contributed by atoms with E-state index in [-0.39, 0.29) is 0 Å². The summed E-state index contributed by atoms with van der Waals surface area (Å²) in [5.74, 6) is 1.41. The van der Waals surface area contributed by atoms with Crippen LogP contribution in [0.4, 0.5) is 5.82 Å². The lowest BCUT2D eigenvalue weighted by Crippen LogP contribution is -2.44. The lowest BCUT2D eigenvalue weighted by atomic mass is 9.87. The number of hydrogen-bond donors (Lipinski definition) is 1. The van der Waals surface area contributed by atoms with Gasteiger partial charge in [0, 0.05) is 48.9 Å². The molecule has 3 aromatic heterocycles. The van der Waals surface area contributed by atoms with Gasteiger partial charge in [-0.05, 0) is 55.9 Å². The molecule has 3 aromatic rings. The van der Waals surface area contributed by atoms with Gasteiger partial charge >= 0.3 is 0 Å². The van der Waals surface area contributed by atoms with E-state index < -0.39 is 0 Å². The van der Waals surface area contributed by atoms with Crippen LogP contribution in [0.15, 0.2) is 36.8 Å². The Morgan fingerprint density at radius 1 is 1.14 bits per heavy atom. The first-order valence-electron chi connectivity index (χ1n) is 10.3. The number of anilines is 1. The fourth-order valence-corrected chi connectivity index (χ4v) is 4.34. The zero-order valence-corrected chi connectivity index (χ0v) is 16.1. The van der Waals surface area contributed by atoms with Gasteiger partial charge in [0.25, 0.3) is 0 Å². The highest BCUT2D eigenvalue weighted by molar-refractivity contribution is 6.36. The van der Waals surface area contributed by atoms with E-state index in [0.717, 1.165) is 41.6 Å². The van der Waals surface area contributed by atoms with Gasteiger partial charge in [-0.2, -0.15) is 9.61 Å². The van der Waals surface area contributed by atoms with Crippen molar-refractivity contribution in [1.29, 1.82) is 0 Å². The summed E-state index contributed by atoms with van der Waals surface area (Å²) in [5, 5.41) is 7.91. The van der Waals surface area contributed by atoms with E-state index in [9.17, 15) is 0 Å². The Bertz CT molecular complexity index is 944. The first-order chi connectivity index (χ1) is 13.8. The number of rotatable bonds is 5. The van der Waals surface area contributed by atoms with Crippen LogP contribution in [0.25, 0.3) is 5.65 Å². The molecule has 0 bridgehead atoms. The highest BCUT2D eigenvalue weighted by Gasteiger charge is 2.30.